The van der Waals surface area contributed by atoms with Crippen LogP contribution in [-0.2, 0) is 14.8 Å². The molecule has 0 bridgehead atoms. The Kier molecular flexibility index (Phi) is 5.63. The third kappa shape index (κ3) is 3.76. The fourth-order valence-corrected chi connectivity index (χ4v) is 4.73. The molecule has 3 rings (SSSR count). The number of benzene rings is 2. The Bertz CT molecular complexity index is 887. The molecule has 26 heavy (non-hydrogen) atoms. The number of carbonyl (C=O) groups is 1. The fraction of sp³-hybridized carbons (Fsp3) is 0.450. The maximum Gasteiger partial charge on any atom is 0.230 e. The molecule has 0 saturated carbocycles. The minimum atomic E-state index is -3.16. The molecule has 0 N–H and O–H groups in total. The van der Waals surface area contributed by atoms with Crippen molar-refractivity contribution >= 4 is 32.4 Å². The van der Waals surface area contributed by atoms with Crippen LogP contribution in [0.15, 0.2) is 42.5 Å². The second-order valence-corrected chi connectivity index (χ2v) is 8.95. The highest BCUT2D eigenvalue weighted by atomic mass is 32.2. The topological polar surface area (TPSA) is 57.7 Å². The zero-order valence-corrected chi connectivity index (χ0v) is 16.2. The van der Waals surface area contributed by atoms with Crippen LogP contribution in [0.25, 0.3) is 10.8 Å². The lowest BCUT2D eigenvalue weighted by Crippen LogP contribution is -2.44. The van der Waals surface area contributed by atoms with E-state index in [4.69, 9.17) is 0 Å². The van der Waals surface area contributed by atoms with Gasteiger partial charge < -0.3 is 4.90 Å². The number of nitrogens with zero attached hydrogens (tertiary/aromatic N) is 2. The molecule has 1 amide bonds. The first-order valence-electron chi connectivity index (χ1n) is 9.24. The molecule has 0 aromatic heterocycles. The Labute approximate surface area is 155 Å². The molecule has 1 fully saturated rings. The van der Waals surface area contributed by atoms with Crippen molar-refractivity contribution in [1.82, 2.24) is 4.31 Å². The highest BCUT2D eigenvalue weighted by Crippen LogP contribution is 2.27. The van der Waals surface area contributed by atoms with Crippen LogP contribution in [-0.4, -0.2) is 44.0 Å². The molecule has 140 valence electrons. The van der Waals surface area contributed by atoms with Gasteiger partial charge in [0, 0.05) is 31.2 Å². The summed E-state index contributed by atoms with van der Waals surface area (Å²) in [6, 6.07) is 14.2. The van der Waals surface area contributed by atoms with E-state index in [0.29, 0.717) is 32.5 Å². The van der Waals surface area contributed by atoms with E-state index in [1.807, 2.05) is 48.2 Å². The van der Waals surface area contributed by atoms with Crippen LogP contribution in [0.2, 0.25) is 0 Å². The molecule has 2 aromatic rings. The van der Waals surface area contributed by atoms with Gasteiger partial charge in [-0.1, -0.05) is 30.3 Å². The summed E-state index contributed by atoms with van der Waals surface area (Å²) in [6.45, 7) is 5.10. The van der Waals surface area contributed by atoms with E-state index in [2.05, 4.69) is 6.07 Å². The number of fused-ring (bicyclic) bond motifs is 1. The lowest BCUT2D eigenvalue weighted by atomic mass is 9.96. The van der Waals surface area contributed by atoms with Gasteiger partial charge in [0.05, 0.1) is 5.75 Å². The average molecular weight is 375 g/mol. The van der Waals surface area contributed by atoms with Gasteiger partial charge >= 0.3 is 0 Å². The van der Waals surface area contributed by atoms with Crippen molar-refractivity contribution in [3.05, 3.63) is 42.5 Å². The predicted molar refractivity (Wildman–Crippen MR) is 106 cm³/mol. The maximum atomic E-state index is 13.0. The van der Waals surface area contributed by atoms with Crippen LogP contribution in [0.1, 0.15) is 26.7 Å². The van der Waals surface area contributed by atoms with Crippen molar-refractivity contribution < 1.29 is 13.2 Å². The van der Waals surface area contributed by atoms with Crippen molar-refractivity contribution in [2.75, 3.05) is 30.3 Å². The second kappa shape index (κ2) is 7.76. The van der Waals surface area contributed by atoms with E-state index in [1.54, 1.807) is 6.92 Å². The Morgan fingerprint density at radius 2 is 1.73 bits per heavy atom. The number of rotatable bonds is 5. The van der Waals surface area contributed by atoms with Crippen LogP contribution in [0, 0.1) is 5.92 Å². The molecular formula is C20H26N2O3S. The largest absolute Gasteiger partial charge is 0.312 e. The van der Waals surface area contributed by atoms with Crippen molar-refractivity contribution in [2.45, 2.75) is 26.7 Å². The molecule has 6 heteroatoms. The zero-order chi connectivity index (χ0) is 18.7. The van der Waals surface area contributed by atoms with Crippen molar-refractivity contribution in [3.63, 3.8) is 0 Å². The maximum absolute atomic E-state index is 13.0. The fourth-order valence-electron chi connectivity index (χ4n) is 3.59. The monoisotopic (exact) mass is 374 g/mol. The first kappa shape index (κ1) is 18.9. The first-order valence-corrected chi connectivity index (χ1v) is 10.8. The quantitative estimate of drug-likeness (QED) is 0.807. The Hall–Kier alpha value is -1.92. The van der Waals surface area contributed by atoms with Gasteiger partial charge in [-0.05, 0) is 49.6 Å². The smallest absolute Gasteiger partial charge is 0.230 e. The van der Waals surface area contributed by atoms with E-state index in [9.17, 15) is 13.2 Å². The molecule has 1 aliphatic heterocycles. The Morgan fingerprint density at radius 1 is 1.08 bits per heavy atom. The Morgan fingerprint density at radius 3 is 2.35 bits per heavy atom. The SMILES string of the molecule is CCN(C(=O)C1CCN(S(=O)(=O)CC)CC1)c1ccc2ccccc2c1. The van der Waals surface area contributed by atoms with Gasteiger partial charge in [0.15, 0.2) is 0 Å². The van der Waals surface area contributed by atoms with Crippen LogP contribution < -0.4 is 4.90 Å². The summed E-state index contributed by atoms with van der Waals surface area (Å²) in [5.41, 5.74) is 0.903. The standard InChI is InChI=1S/C20H26N2O3S/c1-3-22(19-10-9-16-7-5-6-8-18(16)15-19)20(23)17-11-13-21(14-12-17)26(24,25)4-2/h5-10,15,17H,3-4,11-14H2,1-2H3. The number of hydrogen-bond acceptors (Lipinski definition) is 3. The van der Waals surface area contributed by atoms with E-state index in [-0.39, 0.29) is 17.6 Å². The number of piperidine rings is 1. The summed E-state index contributed by atoms with van der Waals surface area (Å²) >= 11 is 0. The minimum absolute atomic E-state index is 0.0938. The molecular weight excluding hydrogens is 348 g/mol. The summed E-state index contributed by atoms with van der Waals surface area (Å²) in [5, 5.41) is 2.26. The summed E-state index contributed by atoms with van der Waals surface area (Å²) in [5.74, 6) is 0.0881. The Balaban J connectivity index is 1.75. The van der Waals surface area contributed by atoms with Gasteiger partial charge in [-0.2, -0.15) is 0 Å². The van der Waals surface area contributed by atoms with Gasteiger partial charge in [0.2, 0.25) is 15.9 Å². The van der Waals surface area contributed by atoms with Gasteiger partial charge in [-0.3, -0.25) is 4.79 Å². The third-order valence-corrected chi connectivity index (χ3v) is 7.07. The molecule has 2 aromatic carbocycles. The molecule has 0 unspecified atom stereocenters. The number of amides is 1. The molecule has 0 aliphatic carbocycles. The van der Waals surface area contributed by atoms with Gasteiger partial charge in [-0.15, -0.1) is 0 Å². The van der Waals surface area contributed by atoms with Crippen LogP contribution in [0.5, 0.6) is 0 Å². The van der Waals surface area contributed by atoms with E-state index in [0.717, 1.165) is 16.5 Å². The number of sulfonamides is 1. The van der Waals surface area contributed by atoms with Crippen LogP contribution >= 0.6 is 0 Å². The van der Waals surface area contributed by atoms with E-state index < -0.39 is 10.0 Å². The number of anilines is 1. The molecule has 1 heterocycles. The molecule has 0 radical (unpaired) electrons. The van der Waals surface area contributed by atoms with Crippen molar-refractivity contribution in [1.29, 1.82) is 0 Å². The van der Waals surface area contributed by atoms with Crippen LogP contribution in [0.3, 0.4) is 0 Å². The molecule has 5 nitrogen and oxygen atoms in total. The molecule has 0 atom stereocenters. The van der Waals surface area contributed by atoms with Gasteiger partial charge in [-0.25, -0.2) is 12.7 Å². The van der Waals surface area contributed by atoms with E-state index in [1.165, 1.54) is 4.31 Å². The lowest BCUT2D eigenvalue weighted by molar-refractivity contribution is -0.123. The number of carbonyl (C=O) groups excluding carboxylic acids is 1. The molecule has 1 aliphatic rings. The molecule has 0 spiro atoms. The van der Waals surface area contributed by atoms with Crippen molar-refractivity contribution in [3.8, 4) is 0 Å². The van der Waals surface area contributed by atoms with E-state index >= 15 is 0 Å². The summed E-state index contributed by atoms with van der Waals surface area (Å²) in [7, 11) is -3.16. The normalized spacial score (nSPS) is 16.7. The third-order valence-electron chi connectivity index (χ3n) is 5.19. The molecule has 1 saturated heterocycles. The highest BCUT2D eigenvalue weighted by molar-refractivity contribution is 7.89. The van der Waals surface area contributed by atoms with Crippen molar-refractivity contribution in [2.24, 2.45) is 5.92 Å². The highest BCUT2D eigenvalue weighted by Gasteiger charge is 2.32. The average Bonchev–Trinajstić information content (AvgIpc) is 2.68. The minimum Gasteiger partial charge on any atom is -0.312 e. The van der Waals surface area contributed by atoms with Gasteiger partial charge in [0.25, 0.3) is 0 Å². The summed E-state index contributed by atoms with van der Waals surface area (Å²) in [6.07, 6.45) is 1.17. The zero-order valence-electron chi connectivity index (χ0n) is 15.4. The second-order valence-electron chi connectivity index (χ2n) is 6.69. The summed E-state index contributed by atoms with van der Waals surface area (Å²) < 4.78 is 25.5. The predicted octanol–water partition coefficient (Wildman–Crippen LogP) is 3.25. The lowest BCUT2D eigenvalue weighted by Gasteiger charge is -2.33. The van der Waals surface area contributed by atoms with Crippen LogP contribution in [0.4, 0.5) is 5.69 Å². The van der Waals surface area contributed by atoms with Gasteiger partial charge in [0.1, 0.15) is 0 Å². The first-order chi connectivity index (χ1) is 12.5. The number of hydrogen-bond donors (Lipinski definition) is 0. The summed E-state index contributed by atoms with van der Waals surface area (Å²) in [4.78, 5) is 14.9.